The van der Waals surface area contributed by atoms with Crippen LogP contribution in [-0.2, 0) is 0 Å². The van der Waals surface area contributed by atoms with E-state index in [2.05, 4.69) is 54.5 Å². The molecule has 1 N–H and O–H groups in total. The van der Waals surface area contributed by atoms with E-state index in [9.17, 15) is 0 Å². The van der Waals surface area contributed by atoms with Gasteiger partial charge in [0.25, 0.3) is 0 Å². The fourth-order valence-electron chi connectivity index (χ4n) is 2.24. The van der Waals surface area contributed by atoms with Gasteiger partial charge in [0, 0.05) is 11.9 Å². The molecule has 1 unspecified atom stereocenters. The molecule has 0 amide bonds. The third-order valence-electron chi connectivity index (χ3n) is 3.51. The van der Waals surface area contributed by atoms with Crippen molar-refractivity contribution in [2.75, 3.05) is 7.05 Å². The second-order valence-electron chi connectivity index (χ2n) is 4.74. The summed E-state index contributed by atoms with van der Waals surface area (Å²) in [5, 5.41) is 3.38. The molecule has 0 saturated carbocycles. The number of hydrogen-bond donors (Lipinski definition) is 1. The van der Waals surface area contributed by atoms with Crippen LogP contribution >= 0.6 is 0 Å². The van der Waals surface area contributed by atoms with E-state index in [0.29, 0.717) is 0 Å². The van der Waals surface area contributed by atoms with E-state index < -0.39 is 0 Å². The van der Waals surface area contributed by atoms with E-state index in [1.54, 1.807) is 0 Å². The van der Waals surface area contributed by atoms with Gasteiger partial charge in [0.1, 0.15) is 0 Å². The van der Waals surface area contributed by atoms with Gasteiger partial charge >= 0.3 is 0 Å². The molecule has 0 aliphatic heterocycles. The predicted octanol–water partition coefficient (Wildman–Crippen LogP) is 3.32. The average Bonchev–Trinajstić information content (AvgIpc) is 2.37. The molecule has 94 valence electrons. The molecule has 0 radical (unpaired) electrons. The van der Waals surface area contributed by atoms with Gasteiger partial charge in [0.05, 0.1) is 6.04 Å². The van der Waals surface area contributed by atoms with Crippen molar-refractivity contribution in [2.45, 2.75) is 26.8 Å². The number of hydrogen-bond acceptors (Lipinski definition) is 2. The number of nitrogens with zero attached hydrogens (tertiary/aromatic N) is 1. The van der Waals surface area contributed by atoms with Crippen LogP contribution in [0.25, 0.3) is 0 Å². The van der Waals surface area contributed by atoms with Gasteiger partial charge in [0.15, 0.2) is 0 Å². The van der Waals surface area contributed by atoms with Crippen molar-refractivity contribution in [1.29, 1.82) is 0 Å². The van der Waals surface area contributed by atoms with Gasteiger partial charge < -0.3 is 5.32 Å². The van der Waals surface area contributed by atoms with Crippen molar-refractivity contribution >= 4 is 0 Å². The summed E-state index contributed by atoms with van der Waals surface area (Å²) in [6.45, 7) is 6.34. The molecule has 2 rings (SSSR count). The van der Waals surface area contributed by atoms with Crippen LogP contribution in [-0.4, -0.2) is 12.0 Å². The molecule has 1 aromatic heterocycles. The minimum Gasteiger partial charge on any atom is -0.309 e. The highest BCUT2D eigenvalue weighted by Gasteiger charge is 2.14. The Bertz CT molecular complexity index is 529. The SMILES string of the molecule is CNC(c1ccc(C)nc1)c1cccc(C)c1C. The molecule has 1 aromatic carbocycles. The summed E-state index contributed by atoms with van der Waals surface area (Å²) in [6, 6.07) is 10.9. The third kappa shape index (κ3) is 2.44. The van der Waals surface area contributed by atoms with Crippen LogP contribution in [0.1, 0.15) is 34.0 Å². The molecule has 0 spiro atoms. The van der Waals surface area contributed by atoms with Crippen molar-refractivity contribution in [1.82, 2.24) is 10.3 Å². The van der Waals surface area contributed by atoms with Gasteiger partial charge in [-0.05, 0) is 56.1 Å². The first-order chi connectivity index (χ1) is 8.63. The van der Waals surface area contributed by atoms with Gasteiger partial charge in [-0.3, -0.25) is 4.98 Å². The molecule has 1 atom stereocenters. The Morgan fingerprint density at radius 2 is 1.83 bits per heavy atom. The Balaban J connectivity index is 2.45. The highest BCUT2D eigenvalue weighted by atomic mass is 14.9. The zero-order valence-electron chi connectivity index (χ0n) is 11.5. The molecular formula is C16H20N2. The fourth-order valence-corrected chi connectivity index (χ4v) is 2.24. The molecule has 18 heavy (non-hydrogen) atoms. The Morgan fingerprint density at radius 1 is 1.06 bits per heavy atom. The first kappa shape index (κ1) is 12.8. The fraction of sp³-hybridized carbons (Fsp3) is 0.312. The van der Waals surface area contributed by atoms with Crippen LogP contribution in [0.2, 0.25) is 0 Å². The van der Waals surface area contributed by atoms with E-state index in [1.807, 2.05) is 20.2 Å². The van der Waals surface area contributed by atoms with Crippen molar-refractivity contribution in [2.24, 2.45) is 0 Å². The van der Waals surface area contributed by atoms with Gasteiger partial charge in [-0.2, -0.15) is 0 Å². The van der Waals surface area contributed by atoms with Crippen molar-refractivity contribution in [3.05, 3.63) is 64.5 Å². The van der Waals surface area contributed by atoms with Gasteiger partial charge in [0.2, 0.25) is 0 Å². The number of pyridine rings is 1. The number of nitrogens with one attached hydrogen (secondary N) is 1. The van der Waals surface area contributed by atoms with Crippen molar-refractivity contribution in [3.63, 3.8) is 0 Å². The normalized spacial score (nSPS) is 12.4. The number of aryl methyl sites for hydroxylation is 2. The number of benzene rings is 1. The summed E-state index contributed by atoms with van der Waals surface area (Å²) in [5.41, 5.74) is 6.25. The molecular weight excluding hydrogens is 220 g/mol. The molecule has 2 aromatic rings. The minimum absolute atomic E-state index is 0.206. The van der Waals surface area contributed by atoms with Gasteiger partial charge in [-0.15, -0.1) is 0 Å². The van der Waals surface area contributed by atoms with Crippen LogP contribution < -0.4 is 5.32 Å². The van der Waals surface area contributed by atoms with Crippen LogP contribution in [0.3, 0.4) is 0 Å². The summed E-state index contributed by atoms with van der Waals surface area (Å²) in [4.78, 5) is 4.39. The Labute approximate surface area is 109 Å². The largest absolute Gasteiger partial charge is 0.309 e. The molecule has 1 heterocycles. The topological polar surface area (TPSA) is 24.9 Å². The first-order valence-electron chi connectivity index (χ1n) is 6.29. The summed E-state index contributed by atoms with van der Waals surface area (Å²) in [6.07, 6.45) is 1.96. The van der Waals surface area contributed by atoms with E-state index in [1.165, 1.54) is 22.3 Å². The molecule has 0 fully saturated rings. The monoisotopic (exact) mass is 240 g/mol. The first-order valence-corrected chi connectivity index (χ1v) is 6.29. The maximum atomic E-state index is 4.39. The molecule has 0 bridgehead atoms. The van der Waals surface area contributed by atoms with Crippen LogP contribution in [0.5, 0.6) is 0 Å². The molecule has 2 nitrogen and oxygen atoms in total. The highest BCUT2D eigenvalue weighted by Crippen LogP contribution is 2.25. The maximum Gasteiger partial charge on any atom is 0.0592 e. The number of aromatic nitrogens is 1. The smallest absolute Gasteiger partial charge is 0.0592 e. The second-order valence-corrected chi connectivity index (χ2v) is 4.74. The van der Waals surface area contributed by atoms with E-state index in [4.69, 9.17) is 0 Å². The third-order valence-corrected chi connectivity index (χ3v) is 3.51. The average molecular weight is 240 g/mol. The van der Waals surface area contributed by atoms with Gasteiger partial charge in [-0.25, -0.2) is 0 Å². The lowest BCUT2D eigenvalue weighted by molar-refractivity contribution is 0.683. The van der Waals surface area contributed by atoms with Crippen molar-refractivity contribution < 1.29 is 0 Å². The Hall–Kier alpha value is -1.67. The highest BCUT2D eigenvalue weighted by molar-refractivity contribution is 5.40. The van der Waals surface area contributed by atoms with Crippen LogP contribution in [0, 0.1) is 20.8 Å². The predicted molar refractivity (Wildman–Crippen MR) is 75.8 cm³/mol. The standard InChI is InChI=1S/C16H20N2/c1-11-6-5-7-15(13(11)3)16(17-4)14-9-8-12(2)18-10-14/h5-10,16-17H,1-4H3. The summed E-state index contributed by atoms with van der Waals surface area (Å²) >= 11 is 0. The molecule has 0 saturated heterocycles. The van der Waals surface area contributed by atoms with E-state index in [0.717, 1.165) is 5.69 Å². The lowest BCUT2D eigenvalue weighted by atomic mass is 9.93. The van der Waals surface area contributed by atoms with Crippen molar-refractivity contribution in [3.8, 4) is 0 Å². The Kier molecular flexibility index (Phi) is 3.78. The zero-order chi connectivity index (χ0) is 13.1. The van der Waals surface area contributed by atoms with E-state index >= 15 is 0 Å². The lowest BCUT2D eigenvalue weighted by Crippen LogP contribution is -2.19. The van der Waals surface area contributed by atoms with Crippen LogP contribution in [0.4, 0.5) is 0 Å². The lowest BCUT2D eigenvalue weighted by Gasteiger charge is -2.20. The minimum atomic E-state index is 0.206. The number of rotatable bonds is 3. The quantitative estimate of drug-likeness (QED) is 0.890. The van der Waals surface area contributed by atoms with Gasteiger partial charge in [-0.1, -0.05) is 24.3 Å². The van der Waals surface area contributed by atoms with Crippen LogP contribution in [0.15, 0.2) is 36.5 Å². The molecule has 0 aliphatic carbocycles. The summed E-state index contributed by atoms with van der Waals surface area (Å²) in [5.74, 6) is 0. The molecule has 2 heteroatoms. The van der Waals surface area contributed by atoms with E-state index in [-0.39, 0.29) is 6.04 Å². The molecule has 0 aliphatic rings. The summed E-state index contributed by atoms with van der Waals surface area (Å²) < 4.78 is 0. The Morgan fingerprint density at radius 3 is 2.44 bits per heavy atom. The summed E-state index contributed by atoms with van der Waals surface area (Å²) in [7, 11) is 1.99. The zero-order valence-corrected chi connectivity index (χ0v) is 11.5. The second kappa shape index (κ2) is 5.32. The maximum absolute atomic E-state index is 4.39.